The van der Waals surface area contributed by atoms with Crippen LogP contribution in [0.5, 0.6) is 0 Å². The van der Waals surface area contributed by atoms with Crippen molar-refractivity contribution in [2.45, 2.75) is 6.18 Å². The molecule has 0 spiro atoms. The van der Waals surface area contributed by atoms with Gasteiger partial charge in [0.05, 0.1) is 17.4 Å². The van der Waals surface area contributed by atoms with Crippen LogP contribution in [0.3, 0.4) is 0 Å². The van der Waals surface area contributed by atoms with E-state index in [1.807, 2.05) is 0 Å². The van der Waals surface area contributed by atoms with Crippen LogP contribution in [-0.4, -0.2) is 35.1 Å². The number of hydrogen-bond acceptors (Lipinski definition) is 4. The van der Waals surface area contributed by atoms with Gasteiger partial charge in [0.15, 0.2) is 0 Å². The monoisotopic (exact) mass is 310 g/mol. The molecule has 0 unspecified atom stereocenters. The maximum atomic E-state index is 13.1. The Labute approximate surface area is 123 Å². The van der Waals surface area contributed by atoms with Crippen LogP contribution in [0.4, 0.5) is 18.9 Å². The molecule has 1 aliphatic rings. The molecule has 2 aromatic rings. The Hall–Kier alpha value is -2.38. The molecule has 1 fully saturated rings. The molecular weight excluding hydrogens is 297 g/mol. The minimum atomic E-state index is -4.46. The number of hydrogen-bond donors (Lipinski definition) is 1. The number of fused-ring (bicyclic) bond motifs is 1. The highest BCUT2D eigenvalue weighted by Crippen LogP contribution is 2.40. The van der Waals surface area contributed by atoms with Gasteiger partial charge >= 0.3 is 6.18 Å². The predicted molar refractivity (Wildman–Crippen MR) is 74.0 cm³/mol. The minimum Gasteiger partial charge on any atom is -0.369 e. The number of rotatable bonds is 2. The molecule has 22 heavy (non-hydrogen) atoms. The minimum absolute atomic E-state index is 0.0620. The quantitative estimate of drug-likeness (QED) is 0.917. The van der Waals surface area contributed by atoms with Gasteiger partial charge in [-0.05, 0) is 12.1 Å². The maximum absolute atomic E-state index is 13.1. The summed E-state index contributed by atoms with van der Waals surface area (Å²) in [5.74, 6) is -3.94. The zero-order chi connectivity index (χ0) is 15.9. The fourth-order valence-corrected chi connectivity index (χ4v) is 2.87. The first-order chi connectivity index (χ1) is 10.4. The third-order valence-electron chi connectivity index (χ3n) is 3.97. The number of primary amides is 1. The summed E-state index contributed by atoms with van der Waals surface area (Å²) in [6.07, 6.45) is 0.180. The smallest absolute Gasteiger partial charge is 0.369 e. The second-order valence-electron chi connectivity index (χ2n) is 5.28. The van der Waals surface area contributed by atoms with E-state index in [-0.39, 0.29) is 13.1 Å². The van der Waals surface area contributed by atoms with Gasteiger partial charge in [-0.15, -0.1) is 0 Å². The normalized spacial score (nSPS) is 22.2. The summed E-state index contributed by atoms with van der Waals surface area (Å²) in [4.78, 5) is 21.0. The lowest BCUT2D eigenvalue weighted by atomic mass is 9.95. The van der Waals surface area contributed by atoms with Crippen molar-refractivity contribution in [1.82, 2.24) is 9.97 Å². The molecule has 2 N–H and O–H groups in total. The van der Waals surface area contributed by atoms with Gasteiger partial charge in [0, 0.05) is 42.8 Å². The van der Waals surface area contributed by atoms with E-state index >= 15 is 0 Å². The summed E-state index contributed by atoms with van der Waals surface area (Å²) in [7, 11) is 0. The summed E-state index contributed by atoms with van der Waals surface area (Å²) in [6.45, 7) is -0.362. The molecule has 0 aromatic carbocycles. The Morgan fingerprint density at radius 3 is 2.68 bits per heavy atom. The number of aromatic nitrogens is 2. The third-order valence-corrected chi connectivity index (χ3v) is 3.97. The van der Waals surface area contributed by atoms with Crippen molar-refractivity contribution in [1.29, 1.82) is 0 Å². The van der Waals surface area contributed by atoms with E-state index in [1.165, 1.54) is 11.1 Å². The van der Waals surface area contributed by atoms with Crippen molar-refractivity contribution < 1.29 is 18.0 Å². The van der Waals surface area contributed by atoms with E-state index in [0.717, 1.165) is 0 Å². The molecule has 0 aliphatic carbocycles. The molecule has 0 bridgehead atoms. The van der Waals surface area contributed by atoms with Crippen molar-refractivity contribution in [3.63, 3.8) is 0 Å². The van der Waals surface area contributed by atoms with E-state index in [1.54, 1.807) is 24.5 Å². The third kappa shape index (κ3) is 2.44. The second-order valence-corrected chi connectivity index (χ2v) is 5.28. The van der Waals surface area contributed by atoms with Crippen LogP contribution < -0.4 is 10.6 Å². The fourth-order valence-electron chi connectivity index (χ4n) is 2.87. The zero-order valence-corrected chi connectivity index (χ0v) is 11.4. The molecule has 0 saturated carbocycles. The van der Waals surface area contributed by atoms with Crippen molar-refractivity contribution >= 4 is 22.5 Å². The number of halogens is 3. The molecule has 8 heteroatoms. The standard InChI is InChI=1S/C14H13F3N4O/c15-14(16,17)10-7-21(6-9(10)13(18)22)12-2-4-20-11-1-3-19-5-8(11)12/h1-5,9-10H,6-7H2,(H2,18,22)/t9-,10-/m1/s1. The number of pyridine rings is 2. The molecule has 0 radical (unpaired) electrons. The zero-order valence-electron chi connectivity index (χ0n) is 11.4. The lowest BCUT2D eigenvalue weighted by Gasteiger charge is -2.20. The lowest BCUT2D eigenvalue weighted by molar-refractivity contribution is -0.181. The van der Waals surface area contributed by atoms with Crippen LogP contribution >= 0.6 is 0 Å². The summed E-state index contributed by atoms with van der Waals surface area (Å²) in [5, 5.41) is 0.649. The number of carbonyl (C=O) groups is 1. The molecule has 5 nitrogen and oxygen atoms in total. The fraction of sp³-hybridized carbons (Fsp3) is 0.357. The molecule has 3 rings (SSSR count). The first-order valence-corrected chi connectivity index (χ1v) is 6.67. The lowest BCUT2D eigenvalue weighted by Crippen LogP contribution is -2.37. The van der Waals surface area contributed by atoms with Gasteiger partial charge in [-0.1, -0.05) is 0 Å². The Bertz CT molecular complexity index is 713. The van der Waals surface area contributed by atoms with E-state index in [2.05, 4.69) is 9.97 Å². The van der Waals surface area contributed by atoms with Crippen LogP contribution in [0.1, 0.15) is 0 Å². The summed E-state index contributed by atoms with van der Waals surface area (Å²) < 4.78 is 39.3. The molecule has 116 valence electrons. The van der Waals surface area contributed by atoms with Gasteiger partial charge in [0.1, 0.15) is 0 Å². The van der Waals surface area contributed by atoms with E-state index in [4.69, 9.17) is 5.73 Å². The number of nitrogens with two attached hydrogens (primary N) is 1. The molecule has 3 heterocycles. The number of carbonyl (C=O) groups excluding carboxylic acids is 1. The SMILES string of the molecule is NC(=O)[C@@H]1CN(c2ccnc3ccncc23)C[C@H]1C(F)(F)F. The van der Waals surface area contributed by atoms with Gasteiger partial charge in [0.2, 0.25) is 5.91 Å². The largest absolute Gasteiger partial charge is 0.394 e. The van der Waals surface area contributed by atoms with Gasteiger partial charge in [-0.2, -0.15) is 13.2 Å². The summed E-state index contributed by atoms with van der Waals surface area (Å²) in [5.41, 5.74) is 6.36. The van der Waals surface area contributed by atoms with Crippen LogP contribution in [0, 0.1) is 11.8 Å². The highest BCUT2D eigenvalue weighted by atomic mass is 19.4. The van der Waals surface area contributed by atoms with Crippen LogP contribution in [0.25, 0.3) is 10.9 Å². The van der Waals surface area contributed by atoms with Gasteiger partial charge < -0.3 is 10.6 Å². The molecule has 1 aliphatic heterocycles. The van der Waals surface area contributed by atoms with Crippen molar-refractivity contribution in [2.75, 3.05) is 18.0 Å². The van der Waals surface area contributed by atoms with Crippen LogP contribution in [-0.2, 0) is 4.79 Å². The number of nitrogens with zero attached hydrogens (tertiary/aromatic N) is 3. The summed E-state index contributed by atoms with van der Waals surface area (Å²) in [6, 6.07) is 3.31. The first kappa shape index (κ1) is 14.6. The number of alkyl halides is 3. The number of anilines is 1. The van der Waals surface area contributed by atoms with Gasteiger partial charge in [-0.25, -0.2) is 0 Å². The molecule has 1 saturated heterocycles. The van der Waals surface area contributed by atoms with Crippen molar-refractivity contribution in [3.8, 4) is 0 Å². The molecule has 2 atom stereocenters. The molecule has 2 aromatic heterocycles. The highest BCUT2D eigenvalue weighted by Gasteiger charge is 2.52. The Kier molecular flexibility index (Phi) is 3.38. The average Bonchev–Trinajstić information content (AvgIpc) is 2.92. The van der Waals surface area contributed by atoms with Crippen LogP contribution in [0.15, 0.2) is 30.7 Å². The summed E-state index contributed by atoms with van der Waals surface area (Å²) >= 11 is 0. The molecule has 1 amide bonds. The first-order valence-electron chi connectivity index (χ1n) is 6.67. The van der Waals surface area contributed by atoms with Gasteiger partial charge in [-0.3, -0.25) is 14.8 Å². The Morgan fingerprint density at radius 1 is 1.27 bits per heavy atom. The van der Waals surface area contributed by atoms with Crippen molar-refractivity contribution in [2.24, 2.45) is 17.6 Å². The predicted octanol–water partition coefficient (Wildman–Crippen LogP) is 1.73. The highest BCUT2D eigenvalue weighted by molar-refractivity contribution is 5.91. The molecular formula is C14H13F3N4O. The maximum Gasteiger partial charge on any atom is 0.394 e. The van der Waals surface area contributed by atoms with Gasteiger partial charge in [0.25, 0.3) is 0 Å². The van der Waals surface area contributed by atoms with Crippen LogP contribution in [0.2, 0.25) is 0 Å². The Morgan fingerprint density at radius 2 is 2.05 bits per heavy atom. The topological polar surface area (TPSA) is 72.1 Å². The average molecular weight is 310 g/mol. The van der Waals surface area contributed by atoms with E-state index < -0.39 is 23.9 Å². The Balaban J connectivity index is 2.00. The van der Waals surface area contributed by atoms with Crippen molar-refractivity contribution in [3.05, 3.63) is 30.7 Å². The second kappa shape index (κ2) is 5.11. The van der Waals surface area contributed by atoms with E-state index in [9.17, 15) is 18.0 Å². The van der Waals surface area contributed by atoms with E-state index in [0.29, 0.717) is 16.6 Å². The number of amides is 1.